The molecule has 14 heavy (non-hydrogen) atoms. The zero-order valence-electron chi connectivity index (χ0n) is 9.08. The van der Waals surface area contributed by atoms with Crippen LogP contribution in [0.1, 0.15) is 18.2 Å². The van der Waals surface area contributed by atoms with Crippen molar-refractivity contribution < 1.29 is 4.74 Å². The Balaban J connectivity index is 2.34. The predicted octanol–water partition coefficient (Wildman–Crippen LogP) is 1.51. The second kappa shape index (κ2) is 5.73. The highest BCUT2D eigenvalue weighted by molar-refractivity contribution is 5.12. The summed E-state index contributed by atoms with van der Waals surface area (Å²) in [7, 11) is 1.71. The minimum Gasteiger partial charge on any atom is -0.383 e. The second-order valence-corrected chi connectivity index (χ2v) is 3.55. The number of hydrogen-bond donors (Lipinski definition) is 1. The summed E-state index contributed by atoms with van der Waals surface area (Å²) in [4.78, 5) is 4.23. The highest BCUT2D eigenvalue weighted by Crippen LogP contribution is 1.99. The van der Waals surface area contributed by atoms with Crippen molar-refractivity contribution in [1.82, 2.24) is 10.3 Å². The van der Waals surface area contributed by atoms with Crippen LogP contribution in [-0.2, 0) is 11.3 Å². The molecule has 1 atom stereocenters. The molecule has 1 N–H and O–H groups in total. The van der Waals surface area contributed by atoms with Crippen molar-refractivity contribution in [3.05, 3.63) is 29.6 Å². The van der Waals surface area contributed by atoms with Crippen molar-refractivity contribution in [2.75, 3.05) is 13.7 Å². The van der Waals surface area contributed by atoms with Crippen LogP contribution in [0.2, 0.25) is 0 Å². The van der Waals surface area contributed by atoms with Gasteiger partial charge < -0.3 is 10.1 Å². The average molecular weight is 194 g/mol. The standard InChI is InChI=1S/C11H18N2O/c1-9-4-5-11(6-12-9)7-13-10(2)8-14-3/h4-6,10,13H,7-8H2,1-3H3. The monoisotopic (exact) mass is 194 g/mol. The molecule has 78 valence electrons. The molecule has 1 aromatic rings. The van der Waals surface area contributed by atoms with Crippen LogP contribution in [0.15, 0.2) is 18.3 Å². The van der Waals surface area contributed by atoms with Gasteiger partial charge in [-0.05, 0) is 25.5 Å². The lowest BCUT2D eigenvalue weighted by Gasteiger charge is -2.12. The molecule has 0 saturated heterocycles. The van der Waals surface area contributed by atoms with Gasteiger partial charge in [0.25, 0.3) is 0 Å². The Bertz CT molecular complexity index is 258. The summed E-state index contributed by atoms with van der Waals surface area (Å²) in [6, 6.07) is 4.49. The lowest BCUT2D eigenvalue weighted by molar-refractivity contribution is 0.171. The molecule has 0 saturated carbocycles. The fourth-order valence-corrected chi connectivity index (χ4v) is 1.20. The summed E-state index contributed by atoms with van der Waals surface area (Å²) in [5, 5.41) is 3.35. The van der Waals surface area contributed by atoms with E-state index in [1.165, 1.54) is 5.56 Å². The summed E-state index contributed by atoms with van der Waals surface area (Å²) in [5.74, 6) is 0. The minimum absolute atomic E-state index is 0.376. The molecule has 1 aromatic heterocycles. The molecular formula is C11H18N2O. The van der Waals surface area contributed by atoms with Gasteiger partial charge in [0.15, 0.2) is 0 Å². The number of methoxy groups -OCH3 is 1. The molecule has 1 rings (SSSR count). The summed E-state index contributed by atoms with van der Waals surface area (Å²) in [6.45, 7) is 5.67. The normalized spacial score (nSPS) is 12.8. The summed E-state index contributed by atoms with van der Waals surface area (Å²) >= 11 is 0. The van der Waals surface area contributed by atoms with Gasteiger partial charge >= 0.3 is 0 Å². The Morgan fingerprint density at radius 2 is 2.29 bits per heavy atom. The summed E-state index contributed by atoms with van der Waals surface area (Å²) in [6.07, 6.45) is 1.90. The van der Waals surface area contributed by atoms with E-state index in [0.717, 1.165) is 18.8 Å². The van der Waals surface area contributed by atoms with Gasteiger partial charge in [0.05, 0.1) is 6.61 Å². The van der Waals surface area contributed by atoms with Crippen LogP contribution in [0.3, 0.4) is 0 Å². The Hall–Kier alpha value is -0.930. The topological polar surface area (TPSA) is 34.1 Å². The smallest absolute Gasteiger partial charge is 0.0613 e. The molecular weight excluding hydrogens is 176 g/mol. The lowest BCUT2D eigenvalue weighted by Crippen LogP contribution is -2.29. The molecule has 0 aliphatic carbocycles. The maximum Gasteiger partial charge on any atom is 0.0613 e. The Morgan fingerprint density at radius 3 is 2.86 bits per heavy atom. The summed E-state index contributed by atoms with van der Waals surface area (Å²) in [5.41, 5.74) is 2.26. The van der Waals surface area contributed by atoms with E-state index in [1.54, 1.807) is 7.11 Å². The van der Waals surface area contributed by atoms with E-state index in [-0.39, 0.29) is 0 Å². The number of nitrogens with zero attached hydrogens (tertiary/aromatic N) is 1. The first kappa shape index (κ1) is 11.1. The van der Waals surface area contributed by atoms with Gasteiger partial charge in [0.2, 0.25) is 0 Å². The van der Waals surface area contributed by atoms with Gasteiger partial charge in [0, 0.05) is 31.6 Å². The first-order chi connectivity index (χ1) is 6.72. The number of ether oxygens (including phenoxy) is 1. The third-order valence-corrected chi connectivity index (χ3v) is 2.04. The van der Waals surface area contributed by atoms with E-state index < -0.39 is 0 Å². The van der Waals surface area contributed by atoms with Crippen LogP contribution in [0.4, 0.5) is 0 Å². The number of aryl methyl sites for hydroxylation is 1. The molecule has 3 nitrogen and oxygen atoms in total. The zero-order chi connectivity index (χ0) is 10.4. The van der Waals surface area contributed by atoms with Crippen LogP contribution in [0.25, 0.3) is 0 Å². The highest BCUT2D eigenvalue weighted by atomic mass is 16.5. The van der Waals surface area contributed by atoms with E-state index in [1.807, 2.05) is 19.2 Å². The molecule has 1 heterocycles. The van der Waals surface area contributed by atoms with Gasteiger partial charge in [-0.25, -0.2) is 0 Å². The van der Waals surface area contributed by atoms with Crippen LogP contribution in [0.5, 0.6) is 0 Å². The lowest BCUT2D eigenvalue weighted by atomic mass is 10.2. The molecule has 0 spiro atoms. The molecule has 3 heteroatoms. The van der Waals surface area contributed by atoms with Gasteiger partial charge in [-0.1, -0.05) is 6.07 Å². The molecule has 1 unspecified atom stereocenters. The van der Waals surface area contributed by atoms with Crippen LogP contribution < -0.4 is 5.32 Å². The number of nitrogens with one attached hydrogen (secondary N) is 1. The van der Waals surface area contributed by atoms with Gasteiger partial charge in [0.1, 0.15) is 0 Å². The largest absolute Gasteiger partial charge is 0.383 e. The molecule has 0 aliphatic rings. The molecule has 0 bridgehead atoms. The predicted molar refractivity (Wildman–Crippen MR) is 57.2 cm³/mol. The molecule has 0 radical (unpaired) electrons. The van der Waals surface area contributed by atoms with E-state index in [4.69, 9.17) is 4.74 Å². The fraction of sp³-hybridized carbons (Fsp3) is 0.545. The zero-order valence-corrected chi connectivity index (χ0v) is 9.08. The van der Waals surface area contributed by atoms with Gasteiger partial charge in [-0.15, -0.1) is 0 Å². The minimum atomic E-state index is 0.376. The molecule has 0 amide bonds. The van der Waals surface area contributed by atoms with Crippen molar-refractivity contribution in [1.29, 1.82) is 0 Å². The SMILES string of the molecule is COCC(C)NCc1ccc(C)nc1. The van der Waals surface area contributed by atoms with Crippen molar-refractivity contribution in [3.8, 4) is 0 Å². The number of aromatic nitrogens is 1. The van der Waals surface area contributed by atoms with Crippen molar-refractivity contribution in [2.45, 2.75) is 26.4 Å². The van der Waals surface area contributed by atoms with Crippen LogP contribution >= 0.6 is 0 Å². The molecule has 0 fully saturated rings. The van der Waals surface area contributed by atoms with Crippen LogP contribution in [0, 0.1) is 6.92 Å². The number of pyridine rings is 1. The van der Waals surface area contributed by atoms with Crippen molar-refractivity contribution >= 4 is 0 Å². The fourth-order valence-electron chi connectivity index (χ4n) is 1.20. The van der Waals surface area contributed by atoms with E-state index >= 15 is 0 Å². The van der Waals surface area contributed by atoms with Crippen molar-refractivity contribution in [2.24, 2.45) is 0 Å². The maximum atomic E-state index is 5.03. The first-order valence-electron chi connectivity index (χ1n) is 4.86. The Kier molecular flexibility index (Phi) is 4.56. The Labute approximate surface area is 85.5 Å². The highest BCUT2D eigenvalue weighted by Gasteiger charge is 2.00. The third kappa shape index (κ3) is 3.85. The van der Waals surface area contributed by atoms with E-state index in [2.05, 4.69) is 23.3 Å². The first-order valence-corrected chi connectivity index (χ1v) is 4.86. The third-order valence-electron chi connectivity index (χ3n) is 2.04. The van der Waals surface area contributed by atoms with Gasteiger partial charge in [-0.2, -0.15) is 0 Å². The van der Waals surface area contributed by atoms with E-state index in [9.17, 15) is 0 Å². The van der Waals surface area contributed by atoms with Gasteiger partial charge in [-0.3, -0.25) is 4.98 Å². The molecule has 0 aliphatic heterocycles. The number of rotatable bonds is 5. The number of hydrogen-bond acceptors (Lipinski definition) is 3. The Morgan fingerprint density at radius 1 is 1.50 bits per heavy atom. The van der Waals surface area contributed by atoms with Crippen molar-refractivity contribution in [3.63, 3.8) is 0 Å². The summed E-state index contributed by atoms with van der Waals surface area (Å²) < 4.78 is 5.03. The second-order valence-electron chi connectivity index (χ2n) is 3.55. The quantitative estimate of drug-likeness (QED) is 0.771. The maximum absolute atomic E-state index is 5.03. The van der Waals surface area contributed by atoms with Crippen LogP contribution in [-0.4, -0.2) is 24.7 Å². The molecule has 0 aromatic carbocycles. The average Bonchev–Trinajstić information content (AvgIpc) is 2.17. The van der Waals surface area contributed by atoms with E-state index in [0.29, 0.717) is 6.04 Å².